The van der Waals surface area contributed by atoms with Crippen molar-refractivity contribution in [3.05, 3.63) is 23.0 Å². The van der Waals surface area contributed by atoms with Crippen LogP contribution < -0.4 is 4.74 Å². The van der Waals surface area contributed by atoms with Crippen molar-refractivity contribution in [3.63, 3.8) is 0 Å². The Labute approximate surface area is 120 Å². The van der Waals surface area contributed by atoms with Crippen molar-refractivity contribution in [1.29, 1.82) is 0 Å². The number of carbonyl (C=O) groups is 1. The van der Waals surface area contributed by atoms with Gasteiger partial charge in [-0.25, -0.2) is 0 Å². The van der Waals surface area contributed by atoms with Crippen molar-refractivity contribution in [2.75, 3.05) is 13.7 Å². The molecule has 1 heterocycles. The second-order valence-corrected chi connectivity index (χ2v) is 5.10. The molecule has 0 spiro atoms. The van der Waals surface area contributed by atoms with Crippen LogP contribution in [0.2, 0.25) is 0 Å². The summed E-state index contributed by atoms with van der Waals surface area (Å²) in [5.74, 6) is 0.0106. The maximum atomic E-state index is 11.0. The minimum atomic E-state index is -0.818. The summed E-state index contributed by atoms with van der Waals surface area (Å²) in [6.45, 7) is 8.53. The molecule has 1 aromatic heterocycles. The van der Waals surface area contributed by atoms with Crippen LogP contribution in [-0.2, 0) is 11.3 Å². The molecule has 5 heteroatoms. The molecule has 0 saturated heterocycles. The van der Waals surface area contributed by atoms with Crippen molar-refractivity contribution >= 4 is 5.97 Å². The first kappa shape index (κ1) is 16.4. The Morgan fingerprint density at radius 2 is 2.15 bits per heavy atom. The van der Waals surface area contributed by atoms with Gasteiger partial charge < -0.3 is 9.84 Å². The van der Waals surface area contributed by atoms with Gasteiger partial charge in [-0.2, -0.15) is 0 Å². The molecular formula is C15H24N2O3. The molecule has 0 radical (unpaired) electrons. The highest BCUT2D eigenvalue weighted by molar-refractivity contribution is 5.69. The standard InChI is InChI=1S/C15H24N2O3/c1-6-11(3)17(9-14(18)19)8-13-12(4)15(20-5)10(2)7-16-13/h7,11H,6,8-9H2,1-5H3,(H,18,19). The smallest absolute Gasteiger partial charge is 0.317 e. The lowest BCUT2D eigenvalue weighted by atomic mass is 10.1. The summed E-state index contributed by atoms with van der Waals surface area (Å²) in [5, 5.41) is 9.03. The van der Waals surface area contributed by atoms with Crippen molar-refractivity contribution in [2.45, 2.75) is 46.7 Å². The van der Waals surface area contributed by atoms with Gasteiger partial charge in [-0.3, -0.25) is 14.7 Å². The number of rotatable bonds is 7. The zero-order valence-corrected chi connectivity index (χ0v) is 12.9. The van der Waals surface area contributed by atoms with Crippen molar-refractivity contribution in [1.82, 2.24) is 9.88 Å². The molecule has 0 aliphatic rings. The van der Waals surface area contributed by atoms with E-state index in [1.165, 1.54) is 0 Å². The molecule has 0 aliphatic carbocycles. The lowest BCUT2D eigenvalue weighted by Gasteiger charge is -2.27. The van der Waals surface area contributed by atoms with Crippen LogP contribution >= 0.6 is 0 Å². The maximum Gasteiger partial charge on any atom is 0.317 e. The van der Waals surface area contributed by atoms with Gasteiger partial charge in [-0.1, -0.05) is 6.92 Å². The Morgan fingerprint density at radius 1 is 1.50 bits per heavy atom. The number of methoxy groups -OCH3 is 1. The lowest BCUT2D eigenvalue weighted by molar-refractivity contribution is -0.139. The van der Waals surface area contributed by atoms with Crippen LogP contribution in [0, 0.1) is 13.8 Å². The molecule has 1 unspecified atom stereocenters. The summed E-state index contributed by atoms with van der Waals surface area (Å²) >= 11 is 0. The predicted molar refractivity (Wildman–Crippen MR) is 78.1 cm³/mol. The van der Waals surface area contributed by atoms with E-state index >= 15 is 0 Å². The van der Waals surface area contributed by atoms with Crippen molar-refractivity contribution < 1.29 is 14.6 Å². The molecule has 0 bridgehead atoms. The second-order valence-electron chi connectivity index (χ2n) is 5.10. The summed E-state index contributed by atoms with van der Waals surface area (Å²) < 4.78 is 5.39. The average Bonchev–Trinajstić information content (AvgIpc) is 2.40. The van der Waals surface area contributed by atoms with Gasteiger partial charge in [0.2, 0.25) is 0 Å². The fraction of sp³-hybridized carbons (Fsp3) is 0.600. The van der Waals surface area contributed by atoms with E-state index in [0.717, 1.165) is 29.0 Å². The normalized spacial score (nSPS) is 12.5. The van der Waals surface area contributed by atoms with Crippen LogP contribution in [0.4, 0.5) is 0 Å². The van der Waals surface area contributed by atoms with Crippen LogP contribution in [0.25, 0.3) is 0 Å². The number of hydrogen-bond acceptors (Lipinski definition) is 4. The van der Waals surface area contributed by atoms with E-state index in [1.807, 2.05) is 25.7 Å². The molecule has 0 aliphatic heterocycles. The number of aryl methyl sites for hydroxylation is 1. The number of ether oxygens (including phenoxy) is 1. The molecule has 1 rings (SSSR count). The zero-order valence-electron chi connectivity index (χ0n) is 12.9. The molecular weight excluding hydrogens is 256 g/mol. The summed E-state index contributed by atoms with van der Waals surface area (Å²) in [7, 11) is 1.64. The molecule has 0 amide bonds. The summed E-state index contributed by atoms with van der Waals surface area (Å²) in [5.41, 5.74) is 2.84. The monoisotopic (exact) mass is 280 g/mol. The fourth-order valence-electron chi connectivity index (χ4n) is 2.22. The van der Waals surface area contributed by atoms with E-state index in [4.69, 9.17) is 9.84 Å². The van der Waals surface area contributed by atoms with Gasteiger partial charge in [0, 0.05) is 29.9 Å². The highest BCUT2D eigenvalue weighted by atomic mass is 16.5. The molecule has 0 fully saturated rings. The Balaban J connectivity index is 3.02. The number of pyridine rings is 1. The van der Waals surface area contributed by atoms with E-state index in [0.29, 0.717) is 6.54 Å². The number of nitrogens with zero attached hydrogens (tertiary/aromatic N) is 2. The summed E-state index contributed by atoms with van der Waals surface area (Å²) in [4.78, 5) is 17.4. The molecule has 1 aromatic rings. The van der Waals surface area contributed by atoms with E-state index in [9.17, 15) is 4.79 Å². The minimum Gasteiger partial charge on any atom is -0.496 e. The third-order valence-electron chi connectivity index (χ3n) is 3.66. The largest absolute Gasteiger partial charge is 0.496 e. The van der Waals surface area contributed by atoms with Crippen LogP contribution in [0.15, 0.2) is 6.20 Å². The van der Waals surface area contributed by atoms with Crippen LogP contribution in [0.5, 0.6) is 5.75 Å². The van der Waals surface area contributed by atoms with Crippen LogP contribution in [0.3, 0.4) is 0 Å². The van der Waals surface area contributed by atoms with Gasteiger partial charge in [0.15, 0.2) is 0 Å². The number of hydrogen-bond donors (Lipinski definition) is 1. The second kappa shape index (κ2) is 7.24. The predicted octanol–water partition coefficient (Wildman–Crippen LogP) is 2.39. The quantitative estimate of drug-likeness (QED) is 0.831. The van der Waals surface area contributed by atoms with Crippen molar-refractivity contribution in [2.24, 2.45) is 0 Å². The van der Waals surface area contributed by atoms with Crippen LogP contribution in [-0.4, -0.2) is 40.7 Å². The number of carboxylic acids is 1. The SMILES string of the molecule is CCC(C)N(CC(=O)O)Cc1ncc(C)c(OC)c1C. The topological polar surface area (TPSA) is 62.7 Å². The minimum absolute atomic E-state index is 0.0202. The Kier molecular flexibility index (Phi) is 5.95. The highest BCUT2D eigenvalue weighted by Gasteiger charge is 2.19. The number of aromatic nitrogens is 1. The lowest BCUT2D eigenvalue weighted by Crippen LogP contribution is -2.37. The first-order valence-corrected chi connectivity index (χ1v) is 6.85. The van der Waals surface area contributed by atoms with Crippen molar-refractivity contribution in [3.8, 4) is 5.75 Å². The highest BCUT2D eigenvalue weighted by Crippen LogP contribution is 2.25. The van der Waals surface area contributed by atoms with E-state index in [2.05, 4.69) is 11.9 Å². The van der Waals surface area contributed by atoms with E-state index in [-0.39, 0.29) is 12.6 Å². The fourth-order valence-corrected chi connectivity index (χ4v) is 2.22. The molecule has 112 valence electrons. The molecule has 5 nitrogen and oxygen atoms in total. The Morgan fingerprint density at radius 3 is 2.65 bits per heavy atom. The first-order chi connectivity index (χ1) is 9.40. The van der Waals surface area contributed by atoms with Gasteiger partial charge in [-0.05, 0) is 27.2 Å². The van der Waals surface area contributed by atoms with Gasteiger partial charge in [0.05, 0.1) is 19.3 Å². The third-order valence-corrected chi connectivity index (χ3v) is 3.66. The van der Waals surface area contributed by atoms with E-state index in [1.54, 1.807) is 13.3 Å². The summed E-state index contributed by atoms with van der Waals surface area (Å²) in [6, 6.07) is 0.194. The molecule has 0 aromatic carbocycles. The van der Waals surface area contributed by atoms with Gasteiger partial charge in [-0.15, -0.1) is 0 Å². The Bertz CT molecular complexity index is 474. The number of carboxylic acid groups (broad SMARTS) is 1. The average molecular weight is 280 g/mol. The summed E-state index contributed by atoms with van der Waals surface area (Å²) in [6.07, 6.45) is 2.67. The van der Waals surface area contributed by atoms with E-state index < -0.39 is 5.97 Å². The first-order valence-electron chi connectivity index (χ1n) is 6.85. The number of aliphatic carboxylic acids is 1. The molecule has 1 N–H and O–H groups in total. The van der Waals surface area contributed by atoms with Gasteiger partial charge in [0.1, 0.15) is 5.75 Å². The van der Waals surface area contributed by atoms with Gasteiger partial charge >= 0.3 is 5.97 Å². The Hall–Kier alpha value is -1.62. The third kappa shape index (κ3) is 3.93. The molecule has 1 atom stereocenters. The maximum absolute atomic E-state index is 11.0. The molecule has 20 heavy (non-hydrogen) atoms. The molecule has 0 saturated carbocycles. The van der Waals surface area contributed by atoms with Crippen LogP contribution in [0.1, 0.15) is 37.1 Å². The zero-order chi connectivity index (χ0) is 15.3. The van der Waals surface area contributed by atoms with Gasteiger partial charge in [0.25, 0.3) is 0 Å².